The molecule has 0 spiro atoms. The van der Waals surface area contributed by atoms with Gasteiger partial charge in [-0.1, -0.05) is 32.0 Å². The van der Waals surface area contributed by atoms with Gasteiger partial charge in [-0.15, -0.1) is 0 Å². The molecule has 0 saturated carbocycles. The van der Waals surface area contributed by atoms with Crippen molar-refractivity contribution in [3.8, 4) is 0 Å². The molecule has 0 bridgehead atoms. The van der Waals surface area contributed by atoms with Crippen LogP contribution in [-0.4, -0.2) is 11.3 Å². The fraction of sp³-hybridized carbons (Fsp3) is 0.500. The molecule has 0 heterocycles. The van der Waals surface area contributed by atoms with E-state index in [4.69, 9.17) is 0 Å². The van der Waals surface area contributed by atoms with E-state index in [-0.39, 0.29) is 5.56 Å². The maximum absolute atomic E-state index is 12.4. The maximum atomic E-state index is 12.4. The predicted molar refractivity (Wildman–Crippen MR) is 56.2 cm³/mol. The monoisotopic (exact) mass is 232 g/mol. The van der Waals surface area contributed by atoms with Crippen LogP contribution in [-0.2, 0) is 12.8 Å². The summed E-state index contributed by atoms with van der Waals surface area (Å²) in [7, 11) is 0. The summed E-state index contributed by atoms with van der Waals surface area (Å²) in [6, 6.07) is 4.70. The van der Waals surface area contributed by atoms with Gasteiger partial charge in [-0.3, -0.25) is 0 Å². The fourth-order valence-corrected chi connectivity index (χ4v) is 1.85. The lowest BCUT2D eigenvalue weighted by Crippen LogP contribution is -2.21. The van der Waals surface area contributed by atoms with Crippen LogP contribution in [0.1, 0.15) is 36.6 Å². The van der Waals surface area contributed by atoms with Crippen molar-refractivity contribution in [3.05, 3.63) is 34.9 Å². The SMILES string of the molecule is CCc1cccc(C(O)C(F)(F)F)c1CC. The summed E-state index contributed by atoms with van der Waals surface area (Å²) in [6.07, 6.45) is -5.82. The highest BCUT2D eigenvalue weighted by molar-refractivity contribution is 5.37. The van der Waals surface area contributed by atoms with Crippen molar-refractivity contribution in [2.75, 3.05) is 0 Å². The quantitative estimate of drug-likeness (QED) is 0.846. The molecule has 0 aliphatic heterocycles. The van der Waals surface area contributed by atoms with E-state index < -0.39 is 12.3 Å². The van der Waals surface area contributed by atoms with Crippen LogP contribution in [0.5, 0.6) is 0 Å². The zero-order valence-electron chi connectivity index (χ0n) is 9.30. The first kappa shape index (κ1) is 13.0. The van der Waals surface area contributed by atoms with Crippen LogP contribution in [0.4, 0.5) is 13.2 Å². The topological polar surface area (TPSA) is 20.2 Å². The number of benzene rings is 1. The molecular weight excluding hydrogens is 217 g/mol. The van der Waals surface area contributed by atoms with Crippen molar-refractivity contribution in [2.24, 2.45) is 0 Å². The Bertz CT molecular complexity index is 358. The molecule has 1 aromatic rings. The minimum atomic E-state index is -4.60. The average molecular weight is 232 g/mol. The normalized spacial score (nSPS) is 13.9. The van der Waals surface area contributed by atoms with E-state index in [1.165, 1.54) is 6.07 Å². The molecule has 1 atom stereocenters. The van der Waals surface area contributed by atoms with Crippen molar-refractivity contribution in [1.82, 2.24) is 0 Å². The average Bonchev–Trinajstić information content (AvgIpc) is 2.25. The Labute approximate surface area is 92.9 Å². The maximum Gasteiger partial charge on any atom is 0.418 e. The largest absolute Gasteiger partial charge is 0.418 e. The van der Waals surface area contributed by atoms with E-state index in [1.807, 2.05) is 6.92 Å². The lowest BCUT2D eigenvalue weighted by Gasteiger charge is -2.19. The van der Waals surface area contributed by atoms with Crippen LogP contribution in [0.25, 0.3) is 0 Å². The molecular formula is C12H15F3O. The molecule has 16 heavy (non-hydrogen) atoms. The number of aliphatic hydroxyl groups excluding tert-OH is 1. The minimum Gasteiger partial charge on any atom is -0.379 e. The fourth-order valence-electron chi connectivity index (χ4n) is 1.85. The number of hydrogen-bond acceptors (Lipinski definition) is 1. The van der Waals surface area contributed by atoms with Crippen LogP contribution < -0.4 is 0 Å². The van der Waals surface area contributed by atoms with Gasteiger partial charge >= 0.3 is 6.18 Å². The molecule has 1 aromatic carbocycles. The lowest BCUT2D eigenvalue weighted by molar-refractivity contribution is -0.207. The van der Waals surface area contributed by atoms with Crippen molar-refractivity contribution < 1.29 is 18.3 Å². The second-order valence-electron chi connectivity index (χ2n) is 3.64. The predicted octanol–water partition coefficient (Wildman–Crippen LogP) is 3.41. The van der Waals surface area contributed by atoms with Gasteiger partial charge in [0, 0.05) is 0 Å². The Morgan fingerprint density at radius 3 is 2.25 bits per heavy atom. The molecule has 0 aliphatic rings. The number of halogens is 3. The summed E-state index contributed by atoms with van der Waals surface area (Å²) < 4.78 is 37.3. The van der Waals surface area contributed by atoms with Gasteiger partial charge in [0.1, 0.15) is 0 Å². The second kappa shape index (κ2) is 4.87. The van der Waals surface area contributed by atoms with Crippen molar-refractivity contribution >= 4 is 0 Å². The van der Waals surface area contributed by atoms with Crippen molar-refractivity contribution in [1.29, 1.82) is 0 Å². The molecule has 0 aromatic heterocycles. The smallest absolute Gasteiger partial charge is 0.379 e. The van der Waals surface area contributed by atoms with Gasteiger partial charge in [-0.2, -0.15) is 13.2 Å². The minimum absolute atomic E-state index is 0.0191. The molecule has 0 radical (unpaired) electrons. The third-order valence-electron chi connectivity index (χ3n) is 2.65. The van der Waals surface area contributed by atoms with E-state index in [0.29, 0.717) is 18.4 Å². The third kappa shape index (κ3) is 2.55. The number of aryl methyl sites for hydroxylation is 1. The highest BCUT2D eigenvalue weighted by atomic mass is 19.4. The van der Waals surface area contributed by atoms with Crippen LogP contribution in [0.15, 0.2) is 18.2 Å². The molecule has 1 rings (SSSR count). The molecule has 0 saturated heterocycles. The molecule has 1 N–H and O–H groups in total. The number of aliphatic hydroxyl groups is 1. The van der Waals surface area contributed by atoms with E-state index >= 15 is 0 Å². The van der Waals surface area contributed by atoms with Gasteiger partial charge in [0.2, 0.25) is 0 Å². The lowest BCUT2D eigenvalue weighted by atomic mass is 9.94. The van der Waals surface area contributed by atoms with E-state index in [9.17, 15) is 18.3 Å². The van der Waals surface area contributed by atoms with Gasteiger partial charge < -0.3 is 5.11 Å². The highest BCUT2D eigenvalue weighted by Crippen LogP contribution is 2.35. The van der Waals surface area contributed by atoms with Crippen molar-refractivity contribution in [3.63, 3.8) is 0 Å². The summed E-state index contributed by atoms with van der Waals surface area (Å²) in [5.41, 5.74) is 1.45. The van der Waals surface area contributed by atoms with E-state index in [1.54, 1.807) is 19.1 Å². The van der Waals surface area contributed by atoms with Gasteiger partial charge in [0.05, 0.1) is 0 Å². The van der Waals surface area contributed by atoms with Gasteiger partial charge in [-0.05, 0) is 29.5 Å². The first-order valence-electron chi connectivity index (χ1n) is 5.27. The molecule has 0 fully saturated rings. The first-order valence-corrected chi connectivity index (χ1v) is 5.27. The molecule has 0 amide bonds. The molecule has 1 unspecified atom stereocenters. The second-order valence-corrected chi connectivity index (χ2v) is 3.64. The number of rotatable bonds is 3. The molecule has 90 valence electrons. The van der Waals surface area contributed by atoms with Crippen LogP contribution >= 0.6 is 0 Å². The Morgan fingerprint density at radius 1 is 1.19 bits per heavy atom. The summed E-state index contributed by atoms with van der Waals surface area (Å²) >= 11 is 0. The Morgan fingerprint density at radius 2 is 1.81 bits per heavy atom. The van der Waals surface area contributed by atoms with Gasteiger partial charge in [-0.25, -0.2) is 0 Å². The van der Waals surface area contributed by atoms with Gasteiger partial charge in [0.15, 0.2) is 6.10 Å². The van der Waals surface area contributed by atoms with E-state index in [2.05, 4.69) is 0 Å². The van der Waals surface area contributed by atoms with Gasteiger partial charge in [0.25, 0.3) is 0 Å². The van der Waals surface area contributed by atoms with Crippen molar-refractivity contribution in [2.45, 2.75) is 39.0 Å². The highest BCUT2D eigenvalue weighted by Gasteiger charge is 2.40. The standard InChI is InChI=1S/C12H15F3O/c1-3-8-6-5-7-10(9(8)4-2)11(16)12(13,14)15/h5-7,11,16H,3-4H2,1-2H3. The Kier molecular flexibility index (Phi) is 3.97. The zero-order valence-corrected chi connectivity index (χ0v) is 9.30. The summed E-state index contributed by atoms with van der Waals surface area (Å²) in [5.74, 6) is 0. The third-order valence-corrected chi connectivity index (χ3v) is 2.65. The van der Waals surface area contributed by atoms with Crippen LogP contribution in [0.2, 0.25) is 0 Å². The summed E-state index contributed by atoms with van der Waals surface area (Å²) in [5, 5.41) is 9.26. The Hall–Kier alpha value is -1.03. The van der Waals surface area contributed by atoms with E-state index in [0.717, 1.165) is 5.56 Å². The zero-order chi connectivity index (χ0) is 12.3. The summed E-state index contributed by atoms with van der Waals surface area (Å²) in [4.78, 5) is 0. The summed E-state index contributed by atoms with van der Waals surface area (Å²) in [6.45, 7) is 3.68. The molecule has 0 aliphatic carbocycles. The molecule has 4 heteroatoms. The van der Waals surface area contributed by atoms with Crippen LogP contribution in [0, 0.1) is 0 Å². The Balaban J connectivity index is 3.23. The van der Waals surface area contributed by atoms with Crippen LogP contribution in [0.3, 0.4) is 0 Å². The number of hydrogen-bond donors (Lipinski definition) is 1. The number of alkyl halides is 3. The molecule has 1 nitrogen and oxygen atoms in total. The first-order chi connectivity index (χ1) is 7.41.